The molecule has 0 spiro atoms. The lowest BCUT2D eigenvalue weighted by atomic mass is 9.94. The normalized spacial score (nSPS) is 21.7. The number of aliphatic carboxylic acids is 1. The van der Waals surface area contributed by atoms with Crippen molar-refractivity contribution in [3.8, 4) is 10.6 Å². The monoisotopic (exact) mass is 386 g/mol. The fraction of sp³-hybridized carbons (Fsp3) is 0.412. The first kappa shape index (κ1) is 18.8. The van der Waals surface area contributed by atoms with Gasteiger partial charge in [0.1, 0.15) is 5.01 Å². The van der Waals surface area contributed by atoms with Gasteiger partial charge in [0.25, 0.3) is 0 Å². The molecule has 0 radical (unpaired) electrons. The molecular formula is C17H17F3N2O3S. The molecule has 1 aliphatic rings. The minimum Gasteiger partial charge on any atom is -0.481 e. The van der Waals surface area contributed by atoms with Gasteiger partial charge in [-0.3, -0.25) is 9.69 Å². The fourth-order valence-electron chi connectivity index (χ4n) is 2.97. The number of thiazole rings is 1. The van der Waals surface area contributed by atoms with Crippen molar-refractivity contribution in [3.05, 3.63) is 40.9 Å². The molecule has 0 unspecified atom stereocenters. The van der Waals surface area contributed by atoms with Crippen LogP contribution < -0.4 is 0 Å². The quantitative estimate of drug-likeness (QED) is 0.845. The van der Waals surface area contributed by atoms with E-state index < -0.39 is 29.7 Å². The number of aliphatic hydroxyl groups is 1. The maximum Gasteiger partial charge on any atom is 0.416 e. The second-order valence-electron chi connectivity index (χ2n) is 6.25. The predicted molar refractivity (Wildman–Crippen MR) is 89.6 cm³/mol. The molecule has 2 N–H and O–H groups in total. The highest BCUT2D eigenvalue weighted by molar-refractivity contribution is 7.13. The summed E-state index contributed by atoms with van der Waals surface area (Å²) in [4.78, 5) is 17.4. The Bertz CT molecular complexity index is 776. The summed E-state index contributed by atoms with van der Waals surface area (Å²) in [7, 11) is 0. The Labute approximate surface area is 151 Å². The highest BCUT2D eigenvalue weighted by atomic mass is 32.1. The van der Waals surface area contributed by atoms with Crippen LogP contribution in [0.5, 0.6) is 0 Å². The molecule has 140 valence electrons. The molecule has 3 rings (SSSR count). The van der Waals surface area contributed by atoms with Crippen LogP contribution in [-0.4, -0.2) is 45.3 Å². The van der Waals surface area contributed by atoms with Gasteiger partial charge in [0.05, 0.1) is 23.3 Å². The first-order chi connectivity index (χ1) is 12.2. The second-order valence-corrected chi connectivity index (χ2v) is 7.11. The number of carbonyl (C=O) groups is 1. The third kappa shape index (κ3) is 4.22. The van der Waals surface area contributed by atoms with E-state index in [-0.39, 0.29) is 6.54 Å². The molecule has 1 aromatic carbocycles. The molecule has 2 atom stereocenters. The Morgan fingerprint density at radius 1 is 1.31 bits per heavy atom. The van der Waals surface area contributed by atoms with Gasteiger partial charge in [-0.05, 0) is 25.1 Å². The summed E-state index contributed by atoms with van der Waals surface area (Å²) in [5.74, 6) is -1.74. The average molecular weight is 386 g/mol. The van der Waals surface area contributed by atoms with Gasteiger partial charge in [-0.25, -0.2) is 4.98 Å². The number of likely N-dealkylation sites (tertiary alicyclic amines) is 1. The van der Waals surface area contributed by atoms with E-state index in [4.69, 9.17) is 5.11 Å². The summed E-state index contributed by atoms with van der Waals surface area (Å²) >= 11 is 1.34. The summed E-state index contributed by atoms with van der Waals surface area (Å²) in [6.45, 7) is 1.26. The molecule has 2 heterocycles. The third-order valence-electron chi connectivity index (χ3n) is 4.38. The van der Waals surface area contributed by atoms with Crippen molar-refractivity contribution in [3.63, 3.8) is 0 Å². The summed E-state index contributed by atoms with van der Waals surface area (Å²) in [6.07, 6.45) is -4.92. The second kappa shape index (κ2) is 7.34. The number of hydrogen-bond donors (Lipinski definition) is 2. The number of nitrogens with zero attached hydrogens (tertiary/aromatic N) is 2. The number of β-amino-alcohol motifs (C(OH)–C–C–N with tert-alkyl or cyclic N) is 1. The molecule has 1 aromatic heterocycles. The zero-order valence-corrected chi connectivity index (χ0v) is 14.4. The molecule has 5 nitrogen and oxygen atoms in total. The van der Waals surface area contributed by atoms with Crippen LogP contribution in [0.1, 0.15) is 17.7 Å². The van der Waals surface area contributed by atoms with Crippen LogP contribution in [0, 0.1) is 5.92 Å². The molecule has 0 aliphatic carbocycles. The Morgan fingerprint density at radius 2 is 2.00 bits per heavy atom. The molecule has 1 fully saturated rings. The molecule has 26 heavy (non-hydrogen) atoms. The van der Waals surface area contributed by atoms with E-state index in [1.165, 1.54) is 23.5 Å². The highest BCUT2D eigenvalue weighted by Crippen LogP contribution is 2.32. The van der Waals surface area contributed by atoms with Crippen LogP contribution >= 0.6 is 11.3 Å². The number of aliphatic hydroxyl groups excluding tert-OH is 1. The summed E-state index contributed by atoms with van der Waals surface area (Å²) in [5.41, 5.74) is 0.651. The molecule has 2 aromatic rings. The summed E-state index contributed by atoms with van der Waals surface area (Å²) in [5, 5.41) is 21.4. The van der Waals surface area contributed by atoms with E-state index in [1.807, 2.05) is 10.3 Å². The Balaban J connectivity index is 1.64. The minimum atomic E-state index is -4.37. The molecule has 0 amide bonds. The number of halogens is 3. The van der Waals surface area contributed by atoms with Crippen LogP contribution in [0.2, 0.25) is 0 Å². The number of benzene rings is 1. The van der Waals surface area contributed by atoms with Crippen molar-refractivity contribution in [2.45, 2.75) is 25.2 Å². The largest absolute Gasteiger partial charge is 0.481 e. The van der Waals surface area contributed by atoms with Crippen molar-refractivity contribution in [1.29, 1.82) is 0 Å². The number of alkyl halides is 3. The van der Waals surface area contributed by atoms with Crippen LogP contribution in [0.15, 0.2) is 29.6 Å². The Morgan fingerprint density at radius 3 is 2.58 bits per heavy atom. The van der Waals surface area contributed by atoms with E-state index in [1.54, 1.807) is 0 Å². The van der Waals surface area contributed by atoms with Crippen molar-refractivity contribution < 1.29 is 28.2 Å². The van der Waals surface area contributed by atoms with E-state index in [9.17, 15) is 23.1 Å². The molecule has 0 saturated carbocycles. The lowest BCUT2D eigenvalue weighted by Crippen LogP contribution is -2.46. The maximum atomic E-state index is 12.6. The lowest BCUT2D eigenvalue weighted by molar-refractivity contribution is -0.148. The number of aromatic nitrogens is 1. The topological polar surface area (TPSA) is 73.7 Å². The SMILES string of the molecule is O=C(O)[C@H]1CCN(Cc2csc(-c3ccc(C(F)(F)F)cc3)n2)C[C@H]1O. The molecule has 0 bridgehead atoms. The highest BCUT2D eigenvalue weighted by Gasteiger charge is 2.33. The van der Waals surface area contributed by atoms with Gasteiger partial charge in [-0.15, -0.1) is 11.3 Å². The van der Waals surface area contributed by atoms with Gasteiger partial charge in [0, 0.05) is 24.0 Å². The molecule has 1 aliphatic heterocycles. The van der Waals surface area contributed by atoms with E-state index in [0.29, 0.717) is 30.1 Å². The van der Waals surface area contributed by atoms with Crippen LogP contribution in [-0.2, 0) is 17.5 Å². The van der Waals surface area contributed by atoms with Gasteiger partial charge >= 0.3 is 12.1 Å². The number of carboxylic acid groups (broad SMARTS) is 1. The number of carboxylic acids is 1. The van der Waals surface area contributed by atoms with Gasteiger partial charge in [-0.1, -0.05) is 12.1 Å². The predicted octanol–water partition coefficient (Wildman–Crippen LogP) is 3.10. The standard InChI is InChI=1S/C17H17F3N2O3S/c18-17(19,20)11-3-1-10(2-4-11)15-21-12(9-26-15)7-22-6-5-13(16(24)25)14(23)8-22/h1-4,9,13-14,23H,5-8H2,(H,24,25)/t13-,14+/m0/s1. The molecule has 1 saturated heterocycles. The molecule has 9 heteroatoms. The number of hydrogen-bond acceptors (Lipinski definition) is 5. The van der Waals surface area contributed by atoms with Gasteiger partial charge in [0.2, 0.25) is 0 Å². The van der Waals surface area contributed by atoms with Crippen LogP contribution in [0.4, 0.5) is 13.2 Å². The third-order valence-corrected chi connectivity index (χ3v) is 5.32. The van der Waals surface area contributed by atoms with E-state index in [2.05, 4.69) is 4.98 Å². The maximum absolute atomic E-state index is 12.6. The fourth-order valence-corrected chi connectivity index (χ4v) is 3.79. The first-order valence-corrected chi connectivity index (χ1v) is 8.87. The number of piperidine rings is 1. The van der Waals surface area contributed by atoms with E-state index >= 15 is 0 Å². The van der Waals surface area contributed by atoms with Crippen molar-refractivity contribution in [2.75, 3.05) is 13.1 Å². The molecular weight excluding hydrogens is 369 g/mol. The summed E-state index contributed by atoms with van der Waals surface area (Å²) in [6, 6.07) is 4.86. The van der Waals surface area contributed by atoms with Crippen molar-refractivity contribution in [2.24, 2.45) is 5.92 Å². The van der Waals surface area contributed by atoms with Crippen LogP contribution in [0.25, 0.3) is 10.6 Å². The summed E-state index contributed by atoms with van der Waals surface area (Å²) < 4.78 is 37.9. The zero-order chi connectivity index (χ0) is 18.9. The van der Waals surface area contributed by atoms with Gasteiger partial charge < -0.3 is 10.2 Å². The minimum absolute atomic E-state index is 0.254. The first-order valence-electron chi connectivity index (χ1n) is 7.99. The van der Waals surface area contributed by atoms with Crippen molar-refractivity contribution in [1.82, 2.24) is 9.88 Å². The Kier molecular flexibility index (Phi) is 5.31. The zero-order valence-electron chi connectivity index (χ0n) is 13.6. The smallest absolute Gasteiger partial charge is 0.416 e. The van der Waals surface area contributed by atoms with Crippen LogP contribution in [0.3, 0.4) is 0 Å². The van der Waals surface area contributed by atoms with Gasteiger partial charge in [-0.2, -0.15) is 13.2 Å². The average Bonchev–Trinajstić information content (AvgIpc) is 3.02. The van der Waals surface area contributed by atoms with Gasteiger partial charge in [0.15, 0.2) is 0 Å². The van der Waals surface area contributed by atoms with E-state index in [0.717, 1.165) is 17.8 Å². The number of rotatable bonds is 4. The lowest BCUT2D eigenvalue weighted by Gasteiger charge is -2.33. The van der Waals surface area contributed by atoms with Crippen molar-refractivity contribution >= 4 is 17.3 Å². The Hall–Kier alpha value is -1.97.